The van der Waals surface area contributed by atoms with Gasteiger partial charge in [-0.2, -0.15) is 14.6 Å². The number of aryl methyl sites for hydroxylation is 1. The second kappa shape index (κ2) is 6.84. The molecule has 1 aliphatic heterocycles. The molecule has 0 radical (unpaired) electrons. The lowest BCUT2D eigenvalue weighted by molar-refractivity contribution is -0.112. The van der Waals surface area contributed by atoms with Gasteiger partial charge in [-0.15, -0.1) is 0 Å². The number of hydrazone groups is 1. The molecule has 0 aliphatic carbocycles. The number of carbonyl (C=O) groups is 1. The molecule has 122 valence electrons. The highest BCUT2D eigenvalue weighted by Crippen LogP contribution is 2.23. The molecule has 1 heterocycles. The third kappa shape index (κ3) is 3.16. The molecule has 24 heavy (non-hydrogen) atoms. The number of benzene rings is 2. The van der Waals surface area contributed by atoms with Gasteiger partial charge in [-0.05, 0) is 42.3 Å². The van der Waals surface area contributed by atoms with Crippen molar-refractivity contribution in [3.63, 3.8) is 0 Å². The smallest absolute Gasteiger partial charge is 0.300 e. The van der Waals surface area contributed by atoms with Gasteiger partial charge in [-0.1, -0.05) is 24.3 Å². The van der Waals surface area contributed by atoms with E-state index in [-0.39, 0.29) is 11.6 Å². The van der Waals surface area contributed by atoms with Gasteiger partial charge in [-0.3, -0.25) is 4.79 Å². The van der Waals surface area contributed by atoms with E-state index in [4.69, 9.17) is 16.5 Å². The van der Waals surface area contributed by atoms with Crippen LogP contribution in [-0.2, 0) is 11.2 Å². The number of hydrogen-bond donors (Lipinski definition) is 0. The number of halogens is 1. The number of methoxy groups -OCH3 is 1. The zero-order chi connectivity index (χ0) is 17.1. The minimum atomic E-state index is -0.325. The van der Waals surface area contributed by atoms with Crippen molar-refractivity contribution >= 4 is 34.8 Å². The number of anilines is 1. The van der Waals surface area contributed by atoms with Crippen LogP contribution in [0.25, 0.3) is 0 Å². The summed E-state index contributed by atoms with van der Waals surface area (Å²) in [5.74, 6) is 0.422. The van der Waals surface area contributed by atoms with E-state index in [0.29, 0.717) is 17.8 Å². The number of carbonyl (C=O) groups excluding carboxylic acids is 1. The lowest BCUT2D eigenvalue weighted by Crippen LogP contribution is -2.27. The van der Waals surface area contributed by atoms with E-state index in [9.17, 15) is 4.79 Å². The van der Waals surface area contributed by atoms with E-state index in [2.05, 4.69) is 9.61 Å². The molecular weight excluding hydrogens is 326 g/mol. The Labute approximate surface area is 145 Å². The zero-order valence-electron chi connectivity index (χ0n) is 13.4. The van der Waals surface area contributed by atoms with E-state index in [1.165, 1.54) is 5.01 Å². The van der Waals surface area contributed by atoms with E-state index in [1.807, 2.05) is 55.5 Å². The first kappa shape index (κ1) is 16.2. The van der Waals surface area contributed by atoms with Crippen LogP contribution in [0.3, 0.4) is 0 Å². The molecule has 0 unspecified atom stereocenters. The maximum Gasteiger partial charge on any atom is 0.300 e. The summed E-state index contributed by atoms with van der Waals surface area (Å²) in [4.78, 5) is 12.5. The largest absolute Gasteiger partial charge is 0.497 e. The Morgan fingerprint density at radius 3 is 2.71 bits per heavy atom. The molecule has 1 amide bonds. The number of rotatable bonds is 4. The average Bonchev–Trinajstić information content (AvgIpc) is 2.90. The maximum atomic E-state index is 12.5. The lowest BCUT2D eigenvalue weighted by atomic mass is 10.1. The van der Waals surface area contributed by atoms with Crippen molar-refractivity contribution in [3.8, 4) is 5.75 Å². The van der Waals surface area contributed by atoms with Crippen LogP contribution in [0.4, 0.5) is 5.69 Å². The summed E-state index contributed by atoms with van der Waals surface area (Å²) in [6.45, 7) is 1.96. The standard InChI is InChI=1S/C18H16ClN3O2/c1-12-5-3-7-14(9-12)22-18(23)17(20-19)16(21-22)11-13-6-4-8-15(10-13)24-2/h3-10H,11H2,1-2H3/b20-17-. The summed E-state index contributed by atoms with van der Waals surface area (Å²) in [5, 5.41) is 5.76. The van der Waals surface area contributed by atoms with Crippen LogP contribution in [0, 0.1) is 6.92 Å². The van der Waals surface area contributed by atoms with Crippen LogP contribution in [0.5, 0.6) is 5.75 Å². The Balaban J connectivity index is 1.93. The Morgan fingerprint density at radius 2 is 2.00 bits per heavy atom. The first-order chi connectivity index (χ1) is 11.6. The molecule has 6 heteroatoms. The van der Waals surface area contributed by atoms with Gasteiger partial charge < -0.3 is 4.74 Å². The van der Waals surface area contributed by atoms with Gasteiger partial charge in [0.1, 0.15) is 5.75 Å². The SMILES string of the molecule is COc1cccc(CC2=NN(c3cccc(C)c3)C(=O)/C2=N\Cl)c1. The van der Waals surface area contributed by atoms with Crippen LogP contribution in [0.1, 0.15) is 11.1 Å². The van der Waals surface area contributed by atoms with Gasteiger partial charge >= 0.3 is 0 Å². The van der Waals surface area contributed by atoms with Crippen LogP contribution in [0.2, 0.25) is 0 Å². The fraction of sp³-hybridized carbons (Fsp3) is 0.167. The zero-order valence-corrected chi connectivity index (χ0v) is 14.1. The summed E-state index contributed by atoms with van der Waals surface area (Å²) < 4.78 is 8.85. The van der Waals surface area contributed by atoms with E-state index < -0.39 is 0 Å². The van der Waals surface area contributed by atoms with Crippen LogP contribution >= 0.6 is 11.8 Å². The molecule has 2 aromatic rings. The van der Waals surface area contributed by atoms with Gasteiger partial charge in [-0.25, -0.2) is 0 Å². The van der Waals surface area contributed by atoms with Crippen molar-refractivity contribution in [2.75, 3.05) is 12.1 Å². The minimum Gasteiger partial charge on any atom is -0.497 e. The summed E-state index contributed by atoms with van der Waals surface area (Å²) in [6, 6.07) is 15.1. The molecule has 0 saturated carbocycles. The molecule has 0 atom stereocenters. The maximum absolute atomic E-state index is 12.5. The van der Waals surface area contributed by atoms with Gasteiger partial charge in [0.15, 0.2) is 5.71 Å². The van der Waals surface area contributed by atoms with E-state index in [1.54, 1.807) is 7.11 Å². The molecule has 0 fully saturated rings. The van der Waals surface area contributed by atoms with Gasteiger partial charge in [0, 0.05) is 18.2 Å². The molecule has 3 rings (SSSR count). The molecule has 0 aromatic heterocycles. The predicted molar refractivity (Wildman–Crippen MR) is 96.1 cm³/mol. The first-order valence-corrected chi connectivity index (χ1v) is 7.77. The Bertz CT molecular complexity index is 846. The van der Waals surface area contributed by atoms with Crippen molar-refractivity contribution in [2.45, 2.75) is 13.3 Å². The van der Waals surface area contributed by atoms with Crippen LogP contribution < -0.4 is 9.75 Å². The average molecular weight is 342 g/mol. The molecule has 2 aromatic carbocycles. The van der Waals surface area contributed by atoms with E-state index >= 15 is 0 Å². The first-order valence-electron chi connectivity index (χ1n) is 7.43. The normalized spacial score (nSPS) is 15.8. The number of nitrogens with zero attached hydrogens (tertiary/aromatic N) is 3. The van der Waals surface area contributed by atoms with Crippen LogP contribution in [0.15, 0.2) is 58.1 Å². The third-order valence-electron chi connectivity index (χ3n) is 3.73. The summed E-state index contributed by atoms with van der Waals surface area (Å²) >= 11 is 5.64. The minimum absolute atomic E-state index is 0.168. The quantitative estimate of drug-likeness (QED) is 0.854. The number of amides is 1. The lowest BCUT2D eigenvalue weighted by Gasteiger charge is -2.11. The molecular formula is C18H16ClN3O2. The molecule has 0 bridgehead atoms. The fourth-order valence-corrected chi connectivity index (χ4v) is 2.72. The predicted octanol–water partition coefficient (Wildman–Crippen LogP) is 3.54. The van der Waals surface area contributed by atoms with Crippen molar-refractivity contribution in [3.05, 3.63) is 59.7 Å². The number of ether oxygens (including phenoxy) is 1. The second-order valence-corrected chi connectivity index (χ2v) is 5.63. The number of hydrogen-bond acceptors (Lipinski definition) is 4. The highest BCUT2D eigenvalue weighted by atomic mass is 35.5. The third-order valence-corrected chi connectivity index (χ3v) is 3.89. The topological polar surface area (TPSA) is 54.3 Å². The van der Waals surface area contributed by atoms with Crippen molar-refractivity contribution in [1.29, 1.82) is 0 Å². The summed E-state index contributed by atoms with van der Waals surface area (Å²) in [5.41, 5.74) is 3.40. The molecule has 5 nitrogen and oxygen atoms in total. The summed E-state index contributed by atoms with van der Waals surface area (Å²) in [7, 11) is 1.61. The Hall–Kier alpha value is -2.66. The highest BCUT2D eigenvalue weighted by Gasteiger charge is 2.33. The summed E-state index contributed by atoms with van der Waals surface area (Å²) in [6.07, 6.45) is 0.441. The molecule has 1 aliphatic rings. The van der Waals surface area contributed by atoms with Crippen molar-refractivity contribution in [2.24, 2.45) is 9.61 Å². The monoisotopic (exact) mass is 341 g/mol. The van der Waals surface area contributed by atoms with Gasteiger partial charge in [0.05, 0.1) is 18.5 Å². The van der Waals surface area contributed by atoms with Crippen molar-refractivity contribution in [1.82, 2.24) is 0 Å². The van der Waals surface area contributed by atoms with Crippen LogP contribution in [-0.4, -0.2) is 24.4 Å². The van der Waals surface area contributed by atoms with Gasteiger partial charge in [0.25, 0.3) is 5.91 Å². The molecule has 0 spiro atoms. The van der Waals surface area contributed by atoms with Gasteiger partial charge in [0.2, 0.25) is 0 Å². The second-order valence-electron chi connectivity index (χ2n) is 5.46. The van der Waals surface area contributed by atoms with E-state index in [0.717, 1.165) is 16.9 Å². The fourth-order valence-electron chi connectivity index (χ4n) is 2.55. The van der Waals surface area contributed by atoms with Crippen molar-refractivity contribution < 1.29 is 9.53 Å². The Morgan fingerprint density at radius 1 is 1.21 bits per heavy atom. The molecule has 0 saturated heterocycles. The molecule has 0 N–H and O–H groups in total. The Kier molecular flexibility index (Phi) is 4.62. The highest BCUT2D eigenvalue weighted by molar-refractivity contribution is 6.73.